The summed E-state index contributed by atoms with van der Waals surface area (Å²) in [5.74, 6) is -1.02. The van der Waals surface area contributed by atoms with Gasteiger partial charge in [0.2, 0.25) is 5.91 Å². The van der Waals surface area contributed by atoms with E-state index in [0.29, 0.717) is 0 Å². The Morgan fingerprint density at radius 1 is 1.35 bits per heavy atom. The summed E-state index contributed by atoms with van der Waals surface area (Å²) in [7, 11) is 0. The van der Waals surface area contributed by atoms with Crippen LogP contribution in [0.2, 0.25) is 0 Å². The van der Waals surface area contributed by atoms with Crippen LogP contribution in [-0.2, 0) is 9.59 Å². The van der Waals surface area contributed by atoms with Crippen molar-refractivity contribution in [1.82, 2.24) is 10.2 Å². The number of aliphatic carboxylic acids is 1. The molecule has 17 heavy (non-hydrogen) atoms. The molecule has 0 saturated heterocycles. The third kappa shape index (κ3) is 4.73. The molecule has 0 aromatic heterocycles. The maximum Gasteiger partial charge on any atom is 0.323 e. The summed E-state index contributed by atoms with van der Waals surface area (Å²) < 4.78 is 0. The van der Waals surface area contributed by atoms with Crippen LogP contribution in [0.3, 0.4) is 0 Å². The van der Waals surface area contributed by atoms with Crippen molar-refractivity contribution in [2.45, 2.75) is 45.1 Å². The molecule has 2 N–H and O–H groups in total. The molecular formula is C12H22N2O3. The minimum Gasteiger partial charge on any atom is -0.480 e. The zero-order valence-corrected chi connectivity index (χ0v) is 10.4. The monoisotopic (exact) mass is 242 g/mol. The summed E-state index contributed by atoms with van der Waals surface area (Å²) >= 11 is 0. The molecule has 1 rings (SSSR count). The number of carboxylic acid groups (broad SMARTS) is 1. The van der Waals surface area contributed by atoms with E-state index < -0.39 is 5.97 Å². The average molecular weight is 242 g/mol. The SMILES string of the molecule is CCCNCC(=O)N(CC(=O)O)C1CCCC1. The molecule has 0 aliphatic heterocycles. The molecule has 1 fully saturated rings. The second kappa shape index (κ2) is 7.27. The largest absolute Gasteiger partial charge is 0.480 e. The second-order valence-electron chi connectivity index (χ2n) is 4.53. The Hall–Kier alpha value is -1.10. The van der Waals surface area contributed by atoms with Gasteiger partial charge in [0.15, 0.2) is 0 Å². The molecule has 5 heteroatoms. The average Bonchev–Trinajstić information content (AvgIpc) is 2.79. The van der Waals surface area contributed by atoms with Gasteiger partial charge in [0, 0.05) is 6.04 Å². The number of carboxylic acids is 1. The molecule has 0 radical (unpaired) electrons. The Bertz CT molecular complexity index is 262. The number of nitrogens with one attached hydrogen (secondary N) is 1. The van der Waals surface area contributed by atoms with E-state index >= 15 is 0 Å². The van der Waals surface area contributed by atoms with Crippen LogP contribution in [0.4, 0.5) is 0 Å². The first-order valence-corrected chi connectivity index (χ1v) is 6.37. The third-order valence-corrected chi connectivity index (χ3v) is 3.09. The molecule has 5 nitrogen and oxygen atoms in total. The van der Waals surface area contributed by atoms with Gasteiger partial charge < -0.3 is 15.3 Å². The Morgan fingerprint density at radius 2 is 2.00 bits per heavy atom. The van der Waals surface area contributed by atoms with Gasteiger partial charge in [0.25, 0.3) is 0 Å². The summed E-state index contributed by atoms with van der Waals surface area (Å²) in [6.07, 6.45) is 5.03. The van der Waals surface area contributed by atoms with Crippen molar-refractivity contribution >= 4 is 11.9 Å². The molecule has 0 spiro atoms. The summed E-state index contributed by atoms with van der Waals surface area (Å²) in [5.41, 5.74) is 0. The first-order valence-electron chi connectivity index (χ1n) is 6.37. The van der Waals surface area contributed by atoms with Gasteiger partial charge >= 0.3 is 5.97 Å². The van der Waals surface area contributed by atoms with E-state index in [9.17, 15) is 9.59 Å². The predicted molar refractivity (Wildman–Crippen MR) is 64.8 cm³/mol. The summed E-state index contributed by atoms with van der Waals surface area (Å²) in [5, 5.41) is 11.9. The first-order chi connectivity index (χ1) is 8.15. The number of hydrogen-bond donors (Lipinski definition) is 2. The van der Waals surface area contributed by atoms with Crippen molar-refractivity contribution in [3.63, 3.8) is 0 Å². The fourth-order valence-electron chi connectivity index (χ4n) is 2.26. The lowest BCUT2D eigenvalue weighted by molar-refractivity contribution is -0.145. The zero-order valence-electron chi connectivity index (χ0n) is 10.4. The van der Waals surface area contributed by atoms with Gasteiger partial charge in [-0.05, 0) is 25.8 Å². The molecule has 1 aliphatic rings. The van der Waals surface area contributed by atoms with Crippen LogP contribution in [0.15, 0.2) is 0 Å². The van der Waals surface area contributed by atoms with Gasteiger partial charge in [-0.3, -0.25) is 9.59 Å². The summed E-state index contributed by atoms with van der Waals surface area (Å²) in [6, 6.07) is 0.127. The number of rotatable bonds is 7. The Balaban J connectivity index is 2.48. The van der Waals surface area contributed by atoms with Crippen LogP contribution in [-0.4, -0.2) is 47.6 Å². The van der Waals surface area contributed by atoms with Gasteiger partial charge in [-0.25, -0.2) is 0 Å². The lowest BCUT2D eigenvalue weighted by atomic mass is 10.2. The lowest BCUT2D eigenvalue weighted by Crippen LogP contribution is -2.46. The van der Waals surface area contributed by atoms with Crippen molar-refractivity contribution in [2.24, 2.45) is 0 Å². The maximum atomic E-state index is 11.9. The van der Waals surface area contributed by atoms with E-state index in [4.69, 9.17) is 5.11 Å². The van der Waals surface area contributed by atoms with Crippen molar-refractivity contribution in [3.05, 3.63) is 0 Å². The molecule has 1 amide bonds. The summed E-state index contributed by atoms with van der Waals surface area (Å²) in [6.45, 7) is 2.90. The van der Waals surface area contributed by atoms with Gasteiger partial charge in [-0.1, -0.05) is 19.8 Å². The zero-order chi connectivity index (χ0) is 12.7. The highest BCUT2D eigenvalue weighted by atomic mass is 16.4. The highest BCUT2D eigenvalue weighted by Crippen LogP contribution is 2.23. The molecular weight excluding hydrogens is 220 g/mol. The molecule has 0 unspecified atom stereocenters. The predicted octanol–water partition coefficient (Wildman–Crippen LogP) is 0.842. The van der Waals surface area contributed by atoms with E-state index in [1.54, 1.807) is 0 Å². The van der Waals surface area contributed by atoms with E-state index in [1.807, 2.05) is 6.92 Å². The van der Waals surface area contributed by atoms with Gasteiger partial charge in [-0.2, -0.15) is 0 Å². The van der Waals surface area contributed by atoms with Crippen molar-refractivity contribution in [3.8, 4) is 0 Å². The molecule has 0 aromatic carbocycles. The molecule has 0 heterocycles. The number of hydrogen-bond acceptors (Lipinski definition) is 3. The van der Waals surface area contributed by atoms with Crippen LogP contribution in [0.1, 0.15) is 39.0 Å². The van der Waals surface area contributed by atoms with Gasteiger partial charge in [0.05, 0.1) is 6.54 Å². The number of nitrogens with zero attached hydrogens (tertiary/aromatic N) is 1. The smallest absolute Gasteiger partial charge is 0.323 e. The van der Waals surface area contributed by atoms with E-state index in [2.05, 4.69) is 5.32 Å². The fourth-order valence-corrected chi connectivity index (χ4v) is 2.26. The van der Waals surface area contributed by atoms with Gasteiger partial charge in [-0.15, -0.1) is 0 Å². The Morgan fingerprint density at radius 3 is 2.53 bits per heavy atom. The van der Waals surface area contributed by atoms with E-state index in [-0.39, 0.29) is 25.0 Å². The molecule has 0 aromatic rings. The number of amides is 1. The summed E-state index contributed by atoms with van der Waals surface area (Å²) in [4.78, 5) is 24.3. The second-order valence-corrected chi connectivity index (χ2v) is 4.53. The Kier molecular flexibility index (Phi) is 5.97. The van der Waals surface area contributed by atoms with Crippen molar-refractivity contribution in [1.29, 1.82) is 0 Å². The molecule has 98 valence electrons. The molecule has 0 atom stereocenters. The van der Waals surface area contributed by atoms with Crippen LogP contribution in [0.25, 0.3) is 0 Å². The van der Waals surface area contributed by atoms with Crippen molar-refractivity contribution < 1.29 is 14.7 Å². The highest BCUT2D eigenvalue weighted by Gasteiger charge is 2.27. The minimum atomic E-state index is -0.930. The van der Waals surface area contributed by atoms with Crippen LogP contribution in [0, 0.1) is 0 Å². The third-order valence-electron chi connectivity index (χ3n) is 3.09. The quantitative estimate of drug-likeness (QED) is 0.649. The standard InChI is InChI=1S/C12H22N2O3/c1-2-7-13-8-11(15)14(9-12(16)17)10-5-3-4-6-10/h10,13H,2-9H2,1H3,(H,16,17). The molecule has 0 bridgehead atoms. The van der Waals surface area contributed by atoms with E-state index in [1.165, 1.54) is 4.90 Å². The minimum absolute atomic E-state index is 0.0900. The highest BCUT2D eigenvalue weighted by molar-refractivity contribution is 5.83. The maximum absolute atomic E-state index is 11.9. The number of carbonyl (C=O) groups excluding carboxylic acids is 1. The fraction of sp³-hybridized carbons (Fsp3) is 0.833. The topological polar surface area (TPSA) is 69.6 Å². The number of carbonyl (C=O) groups is 2. The normalized spacial score (nSPS) is 16.1. The van der Waals surface area contributed by atoms with Gasteiger partial charge in [0.1, 0.15) is 6.54 Å². The molecule has 1 aliphatic carbocycles. The van der Waals surface area contributed by atoms with Crippen molar-refractivity contribution in [2.75, 3.05) is 19.6 Å². The van der Waals surface area contributed by atoms with E-state index in [0.717, 1.165) is 38.6 Å². The van der Waals surface area contributed by atoms with Crippen LogP contribution in [0.5, 0.6) is 0 Å². The molecule has 1 saturated carbocycles. The Labute approximate surface area is 102 Å². The van der Waals surface area contributed by atoms with Crippen LogP contribution >= 0.6 is 0 Å². The first kappa shape index (κ1) is 14.0. The lowest BCUT2D eigenvalue weighted by Gasteiger charge is -2.27. The van der Waals surface area contributed by atoms with Crippen LogP contribution < -0.4 is 5.32 Å².